The quantitative estimate of drug-likeness (QED) is 0.358. The monoisotopic (exact) mass is 295 g/mol. The summed E-state index contributed by atoms with van der Waals surface area (Å²) in [5.41, 5.74) is 0. The van der Waals surface area contributed by atoms with Crippen molar-refractivity contribution in [3.05, 3.63) is 20.1 Å². The summed E-state index contributed by atoms with van der Waals surface area (Å²) < 4.78 is 7.37. The molecule has 1 aromatic heterocycles. The Morgan fingerprint density at radius 1 is 1.92 bits per heavy atom. The van der Waals surface area contributed by atoms with Crippen LogP contribution in [0.2, 0.25) is 0 Å². The second-order valence-corrected chi connectivity index (χ2v) is 3.70. The number of nitrogens with zero attached hydrogens (tertiary/aromatic N) is 3. The van der Waals surface area contributed by atoms with Crippen LogP contribution in [0.3, 0.4) is 0 Å². The highest BCUT2D eigenvalue weighted by Gasteiger charge is 2.26. The van der Waals surface area contributed by atoms with Gasteiger partial charge >= 0.3 is 5.82 Å². The topological polar surface area (TPSA) is 73.5 Å². The number of nitro groups is 1. The lowest BCUT2D eigenvalue weighted by Crippen LogP contribution is -2.04. The fourth-order valence-electron chi connectivity index (χ4n) is 0.989. The zero-order chi connectivity index (χ0) is 9.42. The summed E-state index contributed by atoms with van der Waals surface area (Å²) in [6.45, 7) is 1.39. The minimum absolute atomic E-state index is 0.106. The van der Waals surface area contributed by atoms with E-state index in [0.717, 1.165) is 6.61 Å². The number of imidazole rings is 1. The molecule has 1 aromatic rings. The van der Waals surface area contributed by atoms with Gasteiger partial charge in [-0.15, -0.1) is 0 Å². The van der Waals surface area contributed by atoms with Crippen molar-refractivity contribution < 1.29 is 9.66 Å². The van der Waals surface area contributed by atoms with Crippen LogP contribution in [-0.4, -0.2) is 27.2 Å². The average Bonchev–Trinajstić information content (AvgIpc) is 2.78. The highest BCUT2D eigenvalue weighted by Crippen LogP contribution is 2.17. The first-order valence-electron chi connectivity index (χ1n) is 3.65. The molecule has 2 heterocycles. The zero-order valence-electron chi connectivity index (χ0n) is 6.51. The Balaban J connectivity index is 2.18. The molecule has 0 N–H and O–H groups in total. The standard InChI is InChI=1S/C6H6IN3O3/c7-6-8-5(10(11)12)2-9(6)1-4-3-13-4/h2,4H,1,3H2/t4-/m1/s1. The van der Waals surface area contributed by atoms with Crippen molar-refractivity contribution in [2.45, 2.75) is 12.6 Å². The van der Waals surface area contributed by atoms with Gasteiger partial charge in [-0.1, -0.05) is 0 Å². The first-order chi connectivity index (χ1) is 6.16. The van der Waals surface area contributed by atoms with Crippen molar-refractivity contribution in [2.75, 3.05) is 6.61 Å². The van der Waals surface area contributed by atoms with Crippen LogP contribution in [-0.2, 0) is 11.3 Å². The number of rotatable bonds is 3. The summed E-state index contributed by atoms with van der Waals surface area (Å²) in [7, 11) is 0. The van der Waals surface area contributed by atoms with Gasteiger partial charge < -0.3 is 14.9 Å². The van der Waals surface area contributed by atoms with E-state index in [2.05, 4.69) is 4.98 Å². The van der Waals surface area contributed by atoms with Crippen molar-refractivity contribution in [2.24, 2.45) is 0 Å². The Kier molecular flexibility index (Phi) is 2.20. The van der Waals surface area contributed by atoms with Crippen LogP contribution in [0, 0.1) is 13.9 Å². The number of hydrogen-bond acceptors (Lipinski definition) is 4. The van der Waals surface area contributed by atoms with Crippen LogP contribution in [0.1, 0.15) is 0 Å². The Morgan fingerprint density at radius 3 is 3.08 bits per heavy atom. The van der Waals surface area contributed by atoms with E-state index in [1.165, 1.54) is 6.20 Å². The number of halogens is 1. The highest BCUT2D eigenvalue weighted by atomic mass is 127. The van der Waals surface area contributed by atoms with Crippen LogP contribution in [0.4, 0.5) is 5.82 Å². The maximum atomic E-state index is 10.4. The molecule has 0 aromatic carbocycles. The first kappa shape index (κ1) is 8.88. The van der Waals surface area contributed by atoms with Crippen LogP contribution >= 0.6 is 22.6 Å². The predicted octanol–water partition coefficient (Wildman–Crippen LogP) is 0.795. The van der Waals surface area contributed by atoms with Crippen molar-refractivity contribution in [3.63, 3.8) is 0 Å². The van der Waals surface area contributed by atoms with E-state index in [1.807, 2.05) is 22.6 Å². The second kappa shape index (κ2) is 3.22. The molecule has 0 amide bonds. The molecule has 0 radical (unpaired) electrons. The van der Waals surface area contributed by atoms with Gasteiger partial charge in [0.15, 0.2) is 0 Å². The largest absolute Gasteiger partial charge is 0.382 e. The van der Waals surface area contributed by atoms with Gasteiger partial charge in [-0.25, -0.2) is 0 Å². The molecule has 0 spiro atoms. The highest BCUT2D eigenvalue weighted by molar-refractivity contribution is 14.1. The van der Waals surface area contributed by atoms with Gasteiger partial charge in [0.25, 0.3) is 3.83 Å². The maximum Gasteiger partial charge on any atom is 0.382 e. The Hall–Kier alpha value is -0.700. The molecule has 1 saturated heterocycles. The summed E-state index contributed by atoms with van der Waals surface area (Å²) in [5, 5.41) is 10.4. The third-order valence-corrected chi connectivity index (χ3v) is 2.57. The van der Waals surface area contributed by atoms with Crippen LogP contribution in [0.15, 0.2) is 6.20 Å². The molecular weight excluding hydrogens is 289 g/mol. The second-order valence-electron chi connectivity index (χ2n) is 2.73. The van der Waals surface area contributed by atoms with E-state index >= 15 is 0 Å². The van der Waals surface area contributed by atoms with Gasteiger partial charge in [0.1, 0.15) is 6.20 Å². The van der Waals surface area contributed by atoms with Gasteiger partial charge in [0.05, 0.1) is 19.3 Å². The molecule has 13 heavy (non-hydrogen) atoms. The molecule has 0 unspecified atom stereocenters. The fraction of sp³-hybridized carbons (Fsp3) is 0.500. The summed E-state index contributed by atoms with van der Waals surface area (Å²) in [4.78, 5) is 13.7. The minimum atomic E-state index is -0.494. The number of ether oxygens (including phenoxy) is 1. The van der Waals surface area contributed by atoms with Crippen LogP contribution in [0.5, 0.6) is 0 Å². The Bertz CT molecular complexity index is 347. The van der Waals surface area contributed by atoms with E-state index in [1.54, 1.807) is 4.57 Å². The van der Waals surface area contributed by atoms with E-state index in [4.69, 9.17) is 4.74 Å². The van der Waals surface area contributed by atoms with Gasteiger partial charge in [0, 0.05) is 22.6 Å². The van der Waals surface area contributed by atoms with E-state index in [9.17, 15) is 10.1 Å². The molecule has 0 saturated carbocycles. The molecular formula is C6H6IN3O3. The molecule has 0 aliphatic carbocycles. The third-order valence-electron chi connectivity index (χ3n) is 1.70. The molecule has 70 valence electrons. The van der Waals surface area contributed by atoms with Gasteiger partial charge in [-0.3, -0.25) is 4.57 Å². The zero-order valence-corrected chi connectivity index (χ0v) is 8.67. The molecule has 1 atom stereocenters. The van der Waals surface area contributed by atoms with Gasteiger partial charge in [-0.05, 0) is 9.91 Å². The molecule has 1 aliphatic heterocycles. The SMILES string of the molecule is O=[N+]([O-])c1cn(C[C@@H]2CO2)c(I)n1. The summed E-state index contributed by atoms with van der Waals surface area (Å²) in [6.07, 6.45) is 1.64. The average molecular weight is 295 g/mol. The molecule has 1 fully saturated rings. The van der Waals surface area contributed by atoms with Crippen molar-refractivity contribution in [3.8, 4) is 0 Å². The summed E-state index contributed by atoms with van der Waals surface area (Å²) >= 11 is 1.97. The number of aromatic nitrogens is 2. The van der Waals surface area contributed by atoms with E-state index in [0.29, 0.717) is 10.4 Å². The summed E-state index contributed by atoms with van der Waals surface area (Å²) in [6, 6.07) is 0. The van der Waals surface area contributed by atoms with Crippen molar-refractivity contribution >= 4 is 28.4 Å². The van der Waals surface area contributed by atoms with Crippen LogP contribution < -0.4 is 0 Å². The molecule has 7 heteroatoms. The normalized spacial score (nSPS) is 20.2. The lowest BCUT2D eigenvalue weighted by atomic mass is 10.5. The number of epoxide rings is 1. The van der Waals surface area contributed by atoms with Gasteiger partial charge in [-0.2, -0.15) is 0 Å². The maximum absolute atomic E-state index is 10.4. The lowest BCUT2D eigenvalue weighted by Gasteiger charge is -1.94. The lowest BCUT2D eigenvalue weighted by molar-refractivity contribution is -0.389. The third kappa shape index (κ3) is 1.97. The Labute approximate surface area is 87.2 Å². The summed E-state index contributed by atoms with van der Waals surface area (Å²) in [5.74, 6) is -0.106. The number of hydrogen-bond donors (Lipinski definition) is 0. The van der Waals surface area contributed by atoms with Gasteiger partial charge in [0.2, 0.25) is 0 Å². The van der Waals surface area contributed by atoms with Crippen molar-refractivity contribution in [1.82, 2.24) is 9.55 Å². The van der Waals surface area contributed by atoms with Crippen LogP contribution in [0.25, 0.3) is 0 Å². The molecule has 1 aliphatic rings. The van der Waals surface area contributed by atoms with E-state index < -0.39 is 4.92 Å². The molecule has 0 bridgehead atoms. The van der Waals surface area contributed by atoms with Crippen molar-refractivity contribution in [1.29, 1.82) is 0 Å². The smallest absolute Gasteiger partial charge is 0.371 e. The molecule has 2 rings (SSSR count). The Morgan fingerprint density at radius 2 is 2.62 bits per heavy atom. The predicted molar refractivity (Wildman–Crippen MR) is 51.3 cm³/mol. The first-order valence-corrected chi connectivity index (χ1v) is 4.73. The minimum Gasteiger partial charge on any atom is -0.371 e. The van der Waals surface area contributed by atoms with E-state index in [-0.39, 0.29) is 11.9 Å². The fourth-order valence-corrected chi connectivity index (χ4v) is 1.57. The molecule has 6 nitrogen and oxygen atoms in total.